The van der Waals surface area contributed by atoms with E-state index in [-0.39, 0.29) is 30.7 Å². The zero-order valence-electron chi connectivity index (χ0n) is 30.7. The second-order valence-corrected chi connectivity index (χ2v) is 20.5. The van der Waals surface area contributed by atoms with Crippen LogP contribution in [0.5, 0.6) is 0 Å². The first-order valence-corrected chi connectivity index (χ1v) is 19.5. The van der Waals surface area contributed by atoms with E-state index in [2.05, 4.69) is 22.5 Å². The summed E-state index contributed by atoms with van der Waals surface area (Å²) in [5, 5.41) is 8.44. The Kier molecular flexibility index (Phi) is 10.5. The summed E-state index contributed by atoms with van der Waals surface area (Å²) < 4.78 is 25.6. The van der Waals surface area contributed by atoms with Crippen molar-refractivity contribution in [2.24, 2.45) is 39.7 Å². The fourth-order valence-corrected chi connectivity index (χ4v) is 10.4. The van der Waals surface area contributed by atoms with Crippen LogP contribution in [0.3, 0.4) is 0 Å². The minimum atomic E-state index is -3.58. The minimum Gasteiger partial charge on any atom is -0.368 e. The number of hydrogen-bond acceptors (Lipinski definition) is 7. The Bertz CT molecular complexity index is 1470. The second-order valence-electron chi connectivity index (χ2n) is 17.7. The first kappa shape index (κ1) is 38.8. The number of carbonyl (C=O) groups excluding carboxylic acids is 5. The van der Waals surface area contributed by atoms with E-state index in [1.165, 1.54) is 11.0 Å². The first-order chi connectivity index (χ1) is 22.5. The van der Waals surface area contributed by atoms with E-state index >= 15 is 0 Å². The molecule has 3 aliphatic carbocycles. The van der Waals surface area contributed by atoms with Gasteiger partial charge in [-0.25, -0.2) is 13.2 Å². The molecule has 0 aromatic heterocycles. The third-order valence-electron chi connectivity index (χ3n) is 11.9. The summed E-state index contributed by atoms with van der Waals surface area (Å²) >= 11 is 0. The third-order valence-corrected chi connectivity index (χ3v) is 14.7. The molecule has 4 aliphatic rings. The number of nitrogens with one attached hydrogen (secondary N) is 3. The second kappa shape index (κ2) is 13.3. The Labute approximate surface area is 292 Å². The molecule has 0 aromatic carbocycles. The van der Waals surface area contributed by atoms with Gasteiger partial charge in [0.25, 0.3) is 5.91 Å². The molecule has 0 radical (unpaired) electrons. The molecule has 12 nitrogen and oxygen atoms in total. The van der Waals surface area contributed by atoms with Gasteiger partial charge in [-0.3, -0.25) is 19.2 Å². The van der Waals surface area contributed by atoms with E-state index in [4.69, 9.17) is 5.73 Å². The van der Waals surface area contributed by atoms with E-state index < -0.39 is 83.9 Å². The smallest absolute Gasteiger partial charge is 0.315 e. The van der Waals surface area contributed by atoms with E-state index in [1.807, 2.05) is 13.8 Å². The van der Waals surface area contributed by atoms with Gasteiger partial charge in [0.1, 0.15) is 12.1 Å². The topological polar surface area (TPSA) is 185 Å². The number of likely N-dealkylation sites (tertiary alicyclic amines) is 1. The zero-order chi connectivity index (χ0) is 37.0. The van der Waals surface area contributed by atoms with Crippen molar-refractivity contribution in [1.29, 1.82) is 0 Å². The molecule has 5 atom stereocenters. The van der Waals surface area contributed by atoms with E-state index in [0.717, 1.165) is 32.1 Å². The number of urea groups is 1. The summed E-state index contributed by atoms with van der Waals surface area (Å²) in [5.41, 5.74) is 2.71. The number of carbonyl (C=O) groups is 5. The van der Waals surface area contributed by atoms with Gasteiger partial charge in [-0.05, 0) is 62.7 Å². The third kappa shape index (κ3) is 7.28. The van der Waals surface area contributed by atoms with Crippen LogP contribution in [0, 0.1) is 34.0 Å². The summed E-state index contributed by atoms with van der Waals surface area (Å²) in [6.45, 7) is 18.1. The number of nitrogens with two attached hydrogens (primary N) is 1. The predicted molar refractivity (Wildman–Crippen MR) is 188 cm³/mol. The van der Waals surface area contributed by atoms with Crippen molar-refractivity contribution < 1.29 is 32.4 Å². The van der Waals surface area contributed by atoms with Crippen molar-refractivity contribution >= 4 is 39.4 Å². The lowest BCUT2D eigenvalue weighted by Gasteiger charge is -2.42. The normalized spacial score (nSPS) is 27.2. The van der Waals surface area contributed by atoms with Gasteiger partial charge in [-0.1, -0.05) is 72.8 Å². The maximum absolute atomic E-state index is 14.6. The number of piperidine rings is 1. The Morgan fingerprint density at radius 1 is 1.00 bits per heavy atom. The van der Waals surface area contributed by atoms with Gasteiger partial charge in [-0.2, -0.15) is 0 Å². The molecule has 3 unspecified atom stereocenters. The molecule has 5 N–H and O–H groups in total. The fourth-order valence-electron chi connectivity index (χ4n) is 8.87. The van der Waals surface area contributed by atoms with Gasteiger partial charge < -0.3 is 26.6 Å². The molecule has 13 heteroatoms. The number of amides is 5. The molecule has 0 aromatic rings. The number of fused-ring (bicyclic) bond motifs is 1. The number of nitrogens with zero attached hydrogens (tertiary/aromatic N) is 1. The molecular formula is C36H59N5O7S. The number of primary amides is 1. The van der Waals surface area contributed by atoms with E-state index in [0.29, 0.717) is 19.3 Å². The molecular weight excluding hydrogens is 646 g/mol. The molecule has 4 rings (SSSR count). The predicted octanol–water partition coefficient (Wildman–Crippen LogP) is 3.24. The molecule has 0 bridgehead atoms. The number of Topliss-reactive ketones (excluding diaryl/α,β-unsaturated/α-hetero) is 1. The quantitative estimate of drug-likeness (QED) is 0.167. The molecule has 1 aliphatic heterocycles. The zero-order valence-corrected chi connectivity index (χ0v) is 31.6. The van der Waals surface area contributed by atoms with Crippen molar-refractivity contribution in [3.05, 3.63) is 12.7 Å². The summed E-state index contributed by atoms with van der Waals surface area (Å²) in [5.74, 6) is -3.69. The van der Waals surface area contributed by atoms with Crippen molar-refractivity contribution in [3.63, 3.8) is 0 Å². The van der Waals surface area contributed by atoms with Crippen molar-refractivity contribution in [2.45, 2.75) is 129 Å². The van der Waals surface area contributed by atoms with Gasteiger partial charge in [0.15, 0.2) is 9.84 Å². The number of hydrogen-bond donors (Lipinski definition) is 4. The molecule has 1 heterocycles. The van der Waals surface area contributed by atoms with Gasteiger partial charge in [-0.15, -0.1) is 6.58 Å². The largest absolute Gasteiger partial charge is 0.368 e. The lowest BCUT2D eigenvalue weighted by Crippen LogP contribution is -2.64. The molecule has 4 fully saturated rings. The minimum absolute atomic E-state index is 0.120. The SMILES string of the molecule is C=CCNC(=O)C(=O)[C@@H](CC1CC1)C12C(C(N)=O)N(C(=O)[C@@H](NC(=O)NC3(CS(=O)(=O)C(C)(C)C)CCCCC3)C(C)(C)C)CC1C2(C)C. The van der Waals surface area contributed by atoms with Crippen LogP contribution in [-0.4, -0.2) is 84.1 Å². The summed E-state index contributed by atoms with van der Waals surface area (Å²) in [6.07, 6.45) is 7.22. The highest BCUT2D eigenvalue weighted by molar-refractivity contribution is 7.92. The first-order valence-electron chi connectivity index (χ1n) is 17.8. The van der Waals surface area contributed by atoms with Crippen molar-refractivity contribution in [1.82, 2.24) is 20.9 Å². The van der Waals surface area contributed by atoms with Gasteiger partial charge in [0.05, 0.1) is 16.0 Å². The Morgan fingerprint density at radius 2 is 1.59 bits per heavy atom. The van der Waals surface area contributed by atoms with Crippen LogP contribution in [0.4, 0.5) is 4.79 Å². The molecule has 5 amide bonds. The van der Waals surface area contributed by atoms with Crippen LogP contribution < -0.4 is 21.7 Å². The summed E-state index contributed by atoms with van der Waals surface area (Å²) in [7, 11) is -3.58. The van der Waals surface area contributed by atoms with Crippen LogP contribution in [0.15, 0.2) is 12.7 Å². The van der Waals surface area contributed by atoms with Crippen molar-refractivity contribution in [2.75, 3.05) is 18.8 Å². The highest BCUT2D eigenvalue weighted by Crippen LogP contribution is 2.79. The maximum Gasteiger partial charge on any atom is 0.315 e. The summed E-state index contributed by atoms with van der Waals surface area (Å²) in [4.78, 5) is 70.2. The van der Waals surface area contributed by atoms with E-state index in [9.17, 15) is 32.4 Å². The average molecular weight is 706 g/mol. The number of sulfone groups is 1. The lowest BCUT2D eigenvalue weighted by atomic mass is 9.71. The van der Waals surface area contributed by atoms with Crippen LogP contribution in [0.25, 0.3) is 0 Å². The standard InChI is InChI=1S/C36H59N5O7S/c1-10-18-38-29(44)25(42)23(19-22-14-15-22)36-24(34(36,8)9)20-41(27(36)28(37)43)30(45)26(32(2,3)4)39-31(46)40-35(16-12-11-13-17-35)21-49(47,48)33(5,6)7/h10,22-24,26-27H,1,11-21H2,2-9H3,(H2,37,43)(H,38,44)(H2,39,40,46)/t23-,24?,26-,27?,36?/m1/s1. The average Bonchev–Trinajstić information content (AvgIpc) is 3.83. The monoisotopic (exact) mass is 705 g/mol. The lowest BCUT2D eigenvalue weighted by molar-refractivity contribution is -0.148. The fraction of sp³-hybridized carbons (Fsp3) is 0.806. The molecule has 1 saturated heterocycles. The van der Waals surface area contributed by atoms with Gasteiger partial charge in [0, 0.05) is 24.4 Å². The van der Waals surface area contributed by atoms with E-state index in [1.54, 1.807) is 41.5 Å². The molecule has 0 spiro atoms. The highest BCUT2D eigenvalue weighted by Gasteiger charge is 2.84. The Morgan fingerprint density at radius 3 is 2.08 bits per heavy atom. The maximum atomic E-state index is 14.6. The Balaban J connectivity index is 1.65. The van der Waals surface area contributed by atoms with Crippen LogP contribution in [0.2, 0.25) is 0 Å². The van der Waals surface area contributed by atoms with Crippen LogP contribution in [-0.2, 0) is 29.0 Å². The Hall–Kier alpha value is -2.96. The van der Waals surface area contributed by atoms with Crippen LogP contribution >= 0.6 is 0 Å². The molecule has 3 saturated carbocycles. The number of ketones is 1. The van der Waals surface area contributed by atoms with Gasteiger partial charge >= 0.3 is 6.03 Å². The molecule has 276 valence electrons. The highest BCUT2D eigenvalue weighted by atomic mass is 32.2. The summed E-state index contributed by atoms with van der Waals surface area (Å²) in [6, 6.07) is -2.94. The van der Waals surface area contributed by atoms with Crippen molar-refractivity contribution in [3.8, 4) is 0 Å². The molecule has 49 heavy (non-hydrogen) atoms. The van der Waals surface area contributed by atoms with Crippen LogP contribution in [0.1, 0.15) is 107 Å². The van der Waals surface area contributed by atoms with Gasteiger partial charge in [0.2, 0.25) is 17.6 Å². The number of rotatable bonds is 13.